The van der Waals surface area contributed by atoms with Crippen molar-refractivity contribution in [3.8, 4) is 0 Å². The van der Waals surface area contributed by atoms with Gasteiger partial charge in [-0.3, -0.25) is 14.4 Å². The van der Waals surface area contributed by atoms with Crippen LogP contribution in [0.1, 0.15) is 25.6 Å². The Morgan fingerprint density at radius 3 is 2.81 bits per heavy atom. The first-order chi connectivity index (χ1) is 12.8. The Bertz CT molecular complexity index is 869. The highest BCUT2D eigenvalue weighted by molar-refractivity contribution is 7.98. The van der Waals surface area contributed by atoms with E-state index in [1.165, 1.54) is 18.9 Å². The second kappa shape index (κ2) is 9.52. The lowest BCUT2D eigenvalue weighted by molar-refractivity contribution is -0.139. The molecule has 0 saturated heterocycles. The minimum atomic E-state index is -1.00. The molecule has 0 spiro atoms. The highest BCUT2D eigenvalue weighted by atomic mass is 32.2. The number of rotatable bonds is 10. The van der Waals surface area contributed by atoms with Crippen molar-refractivity contribution in [3.05, 3.63) is 40.4 Å². The largest absolute Gasteiger partial charge is 0.481 e. The number of carbonyl (C=O) groups is 2. The van der Waals surface area contributed by atoms with Gasteiger partial charge in [0.15, 0.2) is 0 Å². The van der Waals surface area contributed by atoms with Crippen molar-refractivity contribution in [2.24, 2.45) is 0 Å². The predicted octanol–water partition coefficient (Wildman–Crippen LogP) is 1.54. The standard InChI is InChI=1S/C18H23N3O5S/c1-18(11-26-2,9-16(23)24)21-15(22)7-8-27-10-14-19-13-6-4-3-5-12(13)17(25)20-14/h3-6H,7-11H2,1-2H3,(H,21,22)(H,23,24)(H,19,20,25). The van der Waals surface area contributed by atoms with E-state index in [1.807, 2.05) is 6.07 Å². The maximum absolute atomic E-state index is 12.1. The first kappa shape index (κ1) is 20.9. The molecule has 0 aliphatic carbocycles. The van der Waals surface area contributed by atoms with Crippen LogP contribution in [0.2, 0.25) is 0 Å². The van der Waals surface area contributed by atoms with Crippen LogP contribution in [0, 0.1) is 0 Å². The van der Waals surface area contributed by atoms with Gasteiger partial charge in [0.1, 0.15) is 5.82 Å². The lowest BCUT2D eigenvalue weighted by Gasteiger charge is -2.28. The summed E-state index contributed by atoms with van der Waals surface area (Å²) in [4.78, 5) is 42.2. The Morgan fingerprint density at radius 2 is 2.11 bits per heavy atom. The molecule has 0 radical (unpaired) electrons. The van der Waals surface area contributed by atoms with E-state index in [4.69, 9.17) is 9.84 Å². The van der Waals surface area contributed by atoms with Crippen molar-refractivity contribution in [3.63, 3.8) is 0 Å². The molecule has 2 rings (SSSR count). The Morgan fingerprint density at radius 1 is 1.37 bits per heavy atom. The van der Waals surface area contributed by atoms with Gasteiger partial charge in [-0.25, -0.2) is 4.98 Å². The van der Waals surface area contributed by atoms with E-state index in [2.05, 4.69) is 15.3 Å². The van der Waals surface area contributed by atoms with Crippen LogP contribution in [0.15, 0.2) is 29.1 Å². The third-order valence-electron chi connectivity index (χ3n) is 3.82. The Labute approximate surface area is 160 Å². The van der Waals surface area contributed by atoms with Crippen LogP contribution in [0.4, 0.5) is 0 Å². The molecule has 0 fully saturated rings. The summed E-state index contributed by atoms with van der Waals surface area (Å²) in [5.41, 5.74) is -0.496. The van der Waals surface area contributed by atoms with Gasteiger partial charge in [0, 0.05) is 19.3 Å². The van der Waals surface area contributed by atoms with Crippen molar-refractivity contribution in [2.75, 3.05) is 19.5 Å². The molecule has 3 N–H and O–H groups in total. The first-order valence-corrected chi connectivity index (χ1v) is 9.56. The fraction of sp³-hybridized carbons (Fsp3) is 0.444. The number of carboxylic acids is 1. The molecule has 0 aliphatic heterocycles. The van der Waals surface area contributed by atoms with E-state index in [0.717, 1.165) is 0 Å². The topological polar surface area (TPSA) is 121 Å². The monoisotopic (exact) mass is 393 g/mol. The quantitative estimate of drug-likeness (QED) is 0.524. The van der Waals surface area contributed by atoms with Crippen LogP contribution in [0.5, 0.6) is 0 Å². The normalized spacial score (nSPS) is 13.3. The van der Waals surface area contributed by atoms with Crippen LogP contribution < -0.4 is 10.9 Å². The molecule has 0 saturated carbocycles. The summed E-state index contributed by atoms with van der Waals surface area (Å²) in [7, 11) is 1.46. The zero-order valence-corrected chi connectivity index (χ0v) is 16.1. The molecule has 1 heterocycles. The molecule has 9 heteroatoms. The fourth-order valence-corrected chi connectivity index (χ4v) is 3.52. The average Bonchev–Trinajstić information content (AvgIpc) is 2.58. The Kier molecular flexibility index (Phi) is 7.37. The second-order valence-electron chi connectivity index (χ2n) is 6.44. The highest BCUT2D eigenvalue weighted by Crippen LogP contribution is 2.14. The lowest BCUT2D eigenvalue weighted by atomic mass is 9.99. The fourth-order valence-electron chi connectivity index (χ4n) is 2.72. The SMILES string of the molecule is COCC(C)(CC(=O)O)NC(=O)CCSCc1nc2ccccc2c(=O)[nH]1. The minimum Gasteiger partial charge on any atom is -0.481 e. The van der Waals surface area contributed by atoms with Crippen molar-refractivity contribution in [1.82, 2.24) is 15.3 Å². The van der Waals surface area contributed by atoms with Gasteiger partial charge in [0.05, 0.1) is 35.2 Å². The van der Waals surface area contributed by atoms with Gasteiger partial charge in [-0.1, -0.05) is 12.1 Å². The number of hydrogen-bond donors (Lipinski definition) is 3. The van der Waals surface area contributed by atoms with Gasteiger partial charge in [0.2, 0.25) is 5.91 Å². The van der Waals surface area contributed by atoms with Crippen molar-refractivity contribution in [1.29, 1.82) is 0 Å². The number of nitrogens with one attached hydrogen (secondary N) is 2. The van der Waals surface area contributed by atoms with Crippen LogP contribution >= 0.6 is 11.8 Å². The van der Waals surface area contributed by atoms with E-state index in [9.17, 15) is 14.4 Å². The molecule has 1 atom stereocenters. The predicted molar refractivity (Wildman–Crippen MR) is 104 cm³/mol. The van der Waals surface area contributed by atoms with Crippen LogP contribution in [-0.4, -0.2) is 52.0 Å². The van der Waals surface area contributed by atoms with Crippen LogP contribution in [0.25, 0.3) is 10.9 Å². The van der Waals surface area contributed by atoms with E-state index < -0.39 is 11.5 Å². The maximum atomic E-state index is 12.1. The smallest absolute Gasteiger partial charge is 0.305 e. The highest BCUT2D eigenvalue weighted by Gasteiger charge is 2.29. The Hall–Kier alpha value is -2.39. The number of carboxylic acid groups (broad SMARTS) is 1. The third-order valence-corrected chi connectivity index (χ3v) is 4.79. The molecule has 1 aromatic carbocycles. The number of methoxy groups -OCH3 is 1. The van der Waals surface area contributed by atoms with Crippen molar-refractivity contribution >= 4 is 34.5 Å². The van der Waals surface area contributed by atoms with Crippen LogP contribution in [-0.2, 0) is 20.1 Å². The van der Waals surface area contributed by atoms with Crippen molar-refractivity contribution < 1.29 is 19.4 Å². The molecule has 1 unspecified atom stereocenters. The third kappa shape index (κ3) is 6.37. The molecule has 1 aromatic heterocycles. The van der Waals surface area contributed by atoms with Gasteiger partial charge in [-0.05, 0) is 19.1 Å². The number of nitrogens with zero attached hydrogens (tertiary/aromatic N) is 1. The first-order valence-electron chi connectivity index (χ1n) is 8.40. The van der Waals surface area contributed by atoms with Gasteiger partial charge in [-0.2, -0.15) is 11.8 Å². The summed E-state index contributed by atoms with van der Waals surface area (Å²) in [6, 6.07) is 7.11. The van der Waals surface area contributed by atoms with E-state index in [0.29, 0.717) is 28.2 Å². The zero-order valence-electron chi connectivity index (χ0n) is 15.3. The molecule has 0 aliphatic rings. The van der Waals surface area contributed by atoms with E-state index in [1.54, 1.807) is 25.1 Å². The average molecular weight is 393 g/mol. The molecule has 2 aromatic rings. The molecule has 0 bridgehead atoms. The molecule has 1 amide bonds. The second-order valence-corrected chi connectivity index (χ2v) is 7.55. The van der Waals surface area contributed by atoms with Gasteiger partial charge < -0.3 is 20.1 Å². The summed E-state index contributed by atoms with van der Waals surface area (Å²) >= 11 is 1.46. The summed E-state index contributed by atoms with van der Waals surface area (Å²) in [6.45, 7) is 1.75. The van der Waals surface area contributed by atoms with Gasteiger partial charge in [0.25, 0.3) is 5.56 Å². The number of H-pyrrole nitrogens is 1. The number of aliphatic carboxylic acids is 1. The number of amides is 1. The molecule has 8 nitrogen and oxygen atoms in total. The summed E-state index contributed by atoms with van der Waals surface area (Å²) in [5, 5.41) is 12.2. The van der Waals surface area contributed by atoms with Crippen molar-refractivity contribution in [2.45, 2.75) is 31.1 Å². The lowest BCUT2D eigenvalue weighted by Crippen LogP contribution is -2.50. The number of thioether (sulfide) groups is 1. The molecule has 146 valence electrons. The summed E-state index contributed by atoms with van der Waals surface area (Å²) in [6.07, 6.45) is 0.00335. The number of benzene rings is 1. The summed E-state index contributed by atoms with van der Waals surface area (Å²) in [5.74, 6) is 0.286. The number of para-hydroxylation sites is 1. The number of fused-ring (bicyclic) bond motifs is 1. The number of aromatic amines is 1. The van der Waals surface area contributed by atoms with Gasteiger partial charge >= 0.3 is 5.97 Å². The molecular weight excluding hydrogens is 370 g/mol. The van der Waals surface area contributed by atoms with Gasteiger partial charge in [-0.15, -0.1) is 0 Å². The van der Waals surface area contributed by atoms with Crippen LogP contribution in [0.3, 0.4) is 0 Å². The molecule has 27 heavy (non-hydrogen) atoms. The Balaban J connectivity index is 1.84. The molecular formula is C18H23N3O5S. The van der Waals surface area contributed by atoms with E-state index in [-0.39, 0.29) is 30.9 Å². The summed E-state index contributed by atoms with van der Waals surface area (Å²) < 4.78 is 5.01. The zero-order chi connectivity index (χ0) is 19.9. The minimum absolute atomic E-state index is 0.112. The maximum Gasteiger partial charge on any atom is 0.305 e. The number of carbonyl (C=O) groups excluding carboxylic acids is 1. The number of ether oxygens (including phenoxy) is 1. The number of hydrogen-bond acceptors (Lipinski definition) is 6. The number of aromatic nitrogens is 2. The van der Waals surface area contributed by atoms with E-state index >= 15 is 0 Å².